The molecule has 0 saturated heterocycles. The van der Waals surface area contributed by atoms with Crippen molar-refractivity contribution < 1.29 is 0 Å². The van der Waals surface area contributed by atoms with Crippen LogP contribution in [-0.2, 0) is 12.8 Å². The van der Waals surface area contributed by atoms with E-state index in [9.17, 15) is 0 Å². The number of hydrogen-bond acceptors (Lipinski definition) is 1. The fourth-order valence-corrected chi connectivity index (χ4v) is 2.47. The normalized spacial score (nSPS) is 14.3. The van der Waals surface area contributed by atoms with E-state index in [0.29, 0.717) is 0 Å². The fourth-order valence-electron chi connectivity index (χ4n) is 2.47. The molecule has 0 fully saturated rings. The Morgan fingerprint density at radius 1 is 1.25 bits per heavy atom. The van der Waals surface area contributed by atoms with Gasteiger partial charge in [0.25, 0.3) is 0 Å². The molecule has 0 heterocycles. The van der Waals surface area contributed by atoms with E-state index in [1.165, 1.54) is 35.2 Å². The van der Waals surface area contributed by atoms with Crippen molar-refractivity contribution >= 4 is 5.70 Å². The van der Waals surface area contributed by atoms with Gasteiger partial charge >= 0.3 is 0 Å². The Hall–Kier alpha value is -1.24. The van der Waals surface area contributed by atoms with Crippen molar-refractivity contribution in [2.75, 3.05) is 13.6 Å². The summed E-state index contributed by atoms with van der Waals surface area (Å²) in [6.07, 6.45) is 5.90. The van der Waals surface area contributed by atoms with Crippen molar-refractivity contribution in [2.45, 2.75) is 33.1 Å². The van der Waals surface area contributed by atoms with E-state index in [0.717, 1.165) is 13.0 Å². The molecular formula is C15H21N. The molecule has 1 nitrogen and oxygen atoms in total. The number of rotatable bonds is 3. The number of allylic oxidation sites excluding steroid dienone is 1. The van der Waals surface area contributed by atoms with Gasteiger partial charge in [0.2, 0.25) is 0 Å². The van der Waals surface area contributed by atoms with Crippen molar-refractivity contribution in [3.8, 4) is 0 Å². The van der Waals surface area contributed by atoms with Gasteiger partial charge < -0.3 is 4.90 Å². The quantitative estimate of drug-likeness (QED) is 0.746. The van der Waals surface area contributed by atoms with Crippen LogP contribution >= 0.6 is 0 Å². The Morgan fingerprint density at radius 2 is 2.06 bits per heavy atom. The first kappa shape index (κ1) is 11.3. The van der Waals surface area contributed by atoms with Gasteiger partial charge in [-0.25, -0.2) is 0 Å². The monoisotopic (exact) mass is 215 g/mol. The molecule has 1 aliphatic carbocycles. The van der Waals surface area contributed by atoms with E-state index in [2.05, 4.69) is 50.1 Å². The summed E-state index contributed by atoms with van der Waals surface area (Å²) < 4.78 is 0. The maximum absolute atomic E-state index is 2.39. The number of benzene rings is 1. The predicted molar refractivity (Wildman–Crippen MR) is 70.4 cm³/mol. The molecule has 0 amide bonds. The highest BCUT2D eigenvalue weighted by Crippen LogP contribution is 2.31. The minimum Gasteiger partial charge on any atom is -0.375 e. The van der Waals surface area contributed by atoms with Gasteiger partial charge in [0.15, 0.2) is 0 Å². The number of hydrogen-bond donors (Lipinski definition) is 0. The van der Waals surface area contributed by atoms with Gasteiger partial charge in [-0.3, -0.25) is 0 Å². The van der Waals surface area contributed by atoms with Crippen LogP contribution in [0.25, 0.3) is 5.70 Å². The molecule has 0 unspecified atom stereocenters. The van der Waals surface area contributed by atoms with Gasteiger partial charge in [-0.05, 0) is 37.3 Å². The van der Waals surface area contributed by atoms with Crippen LogP contribution in [0.5, 0.6) is 0 Å². The maximum atomic E-state index is 2.39. The largest absolute Gasteiger partial charge is 0.375 e. The van der Waals surface area contributed by atoms with Crippen LogP contribution in [0.15, 0.2) is 24.3 Å². The molecule has 0 bridgehead atoms. The molecule has 0 radical (unpaired) electrons. The lowest BCUT2D eigenvalue weighted by atomic mass is 9.89. The lowest BCUT2D eigenvalue weighted by molar-refractivity contribution is 0.504. The van der Waals surface area contributed by atoms with Crippen LogP contribution in [0.4, 0.5) is 0 Å². The standard InChI is InChI=1S/C15H21N/c1-4-12-8-6-9-13-10-7-11-14(15(12)13)16(3)5-2/h6,8-9,11H,4-5,7,10H2,1-3H3. The Morgan fingerprint density at radius 3 is 2.75 bits per heavy atom. The summed E-state index contributed by atoms with van der Waals surface area (Å²) in [5, 5.41) is 0. The summed E-state index contributed by atoms with van der Waals surface area (Å²) in [5.41, 5.74) is 5.95. The van der Waals surface area contributed by atoms with E-state index >= 15 is 0 Å². The third kappa shape index (κ3) is 1.87. The summed E-state index contributed by atoms with van der Waals surface area (Å²) in [7, 11) is 2.19. The molecule has 16 heavy (non-hydrogen) atoms. The van der Waals surface area contributed by atoms with E-state index in [-0.39, 0.29) is 0 Å². The lowest BCUT2D eigenvalue weighted by Crippen LogP contribution is -2.20. The topological polar surface area (TPSA) is 3.24 Å². The SMILES string of the molecule is CCc1cccc2c1C(N(C)CC)=CCC2. The third-order valence-corrected chi connectivity index (χ3v) is 3.51. The molecular weight excluding hydrogens is 194 g/mol. The van der Waals surface area contributed by atoms with Crippen molar-refractivity contribution in [2.24, 2.45) is 0 Å². The molecule has 2 rings (SSSR count). The van der Waals surface area contributed by atoms with Crippen LogP contribution < -0.4 is 0 Å². The Bertz CT molecular complexity index is 404. The highest BCUT2D eigenvalue weighted by atomic mass is 15.1. The van der Waals surface area contributed by atoms with Gasteiger partial charge in [0.05, 0.1) is 0 Å². The maximum Gasteiger partial charge on any atom is 0.0402 e. The Balaban J connectivity index is 2.50. The predicted octanol–water partition coefficient (Wildman–Crippen LogP) is 3.49. The third-order valence-electron chi connectivity index (χ3n) is 3.51. The Labute approximate surface area is 98.8 Å². The molecule has 86 valence electrons. The van der Waals surface area contributed by atoms with E-state index in [1.54, 1.807) is 0 Å². The number of fused-ring (bicyclic) bond motifs is 1. The summed E-state index contributed by atoms with van der Waals surface area (Å²) >= 11 is 0. The highest BCUT2D eigenvalue weighted by Gasteiger charge is 2.17. The van der Waals surface area contributed by atoms with E-state index in [4.69, 9.17) is 0 Å². The second-order valence-corrected chi connectivity index (χ2v) is 4.45. The zero-order chi connectivity index (χ0) is 11.5. The molecule has 0 aromatic heterocycles. The summed E-state index contributed by atoms with van der Waals surface area (Å²) in [5.74, 6) is 0. The molecule has 1 heteroatoms. The van der Waals surface area contributed by atoms with Gasteiger partial charge in [-0.2, -0.15) is 0 Å². The fraction of sp³-hybridized carbons (Fsp3) is 0.467. The number of nitrogens with zero attached hydrogens (tertiary/aromatic N) is 1. The first-order valence-electron chi connectivity index (χ1n) is 6.30. The van der Waals surface area contributed by atoms with Crippen LogP contribution in [0, 0.1) is 0 Å². The van der Waals surface area contributed by atoms with Crippen LogP contribution in [0.2, 0.25) is 0 Å². The van der Waals surface area contributed by atoms with Gasteiger partial charge in [0.1, 0.15) is 0 Å². The van der Waals surface area contributed by atoms with Crippen LogP contribution in [0.1, 0.15) is 37.0 Å². The zero-order valence-electron chi connectivity index (χ0n) is 10.6. The smallest absolute Gasteiger partial charge is 0.0402 e. The zero-order valence-corrected chi connectivity index (χ0v) is 10.6. The first-order valence-corrected chi connectivity index (χ1v) is 6.30. The van der Waals surface area contributed by atoms with Gasteiger partial charge in [0, 0.05) is 24.9 Å². The first-order chi connectivity index (χ1) is 7.77. The Kier molecular flexibility index (Phi) is 3.33. The minimum atomic E-state index is 1.07. The van der Waals surface area contributed by atoms with E-state index < -0.39 is 0 Å². The summed E-state index contributed by atoms with van der Waals surface area (Å²) in [6.45, 7) is 5.53. The summed E-state index contributed by atoms with van der Waals surface area (Å²) in [6, 6.07) is 6.75. The highest BCUT2D eigenvalue weighted by molar-refractivity contribution is 5.71. The lowest BCUT2D eigenvalue weighted by Gasteiger charge is -2.28. The van der Waals surface area contributed by atoms with Gasteiger partial charge in [-0.1, -0.05) is 31.2 Å². The molecule has 0 spiro atoms. The molecule has 0 atom stereocenters. The number of aryl methyl sites for hydroxylation is 2. The molecule has 0 N–H and O–H groups in total. The van der Waals surface area contributed by atoms with Crippen LogP contribution in [-0.4, -0.2) is 18.5 Å². The van der Waals surface area contributed by atoms with Crippen molar-refractivity contribution in [3.05, 3.63) is 41.0 Å². The second-order valence-electron chi connectivity index (χ2n) is 4.45. The average molecular weight is 215 g/mol. The van der Waals surface area contributed by atoms with Crippen molar-refractivity contribution in [3.63, 3.8) is 0 Å². The minimum absolute atomic E-state index is 1.07. The molecule has 0 saturated carbocycles. The van der Waals surface area contributed by atoms with E-state index in [1.807, 2.05) is 0 Å². The molecule has 1 aromatic rings. The van der Waals surface area contributed by atoms with Crippen molar-refractivity contribution in [1.29, 1.82) is 0 Å². The molecule has 0 aliphatic heterocycles. The summed E-state index contributed by atoms with van der Waals surface area (Å²) in [4.78, 5) is 2.36. The molecule has 1 aliphatic rings. The van der Waals surface area contributed by atoms with Crippen molar-refractivity contribution in [1.82, 2.24) is 4.90 Å². The van der Waals surface area contributed by atoms with Crippen LogP contribution in [0.3, 0.4) is 0 Å². The molecule has 1 aromatic carbocycles. The van der Waals surface area contributed by atoms with Gasteiger partial charge in [-0.15, -0.1) is 0 Å². The average Bonchev–Trinajstić information content (AvgIpc) is 2.36. The second kappa shape index (κ2) is 4.73.